The SMILES string of the molecule is COc1cc2c(cc1OCc1cc(C#CCNC(=O)O)cc(COc3cc4c(cc3OC)C(=O)N3C=C(C)C[C@H]3C=N4)c1)N=C[C@@H]1CC(C)=CN1C2=O. The fourth-order valence-electron chi connectivity index (χ4n) is 6.70. The summed E-state index contributed by atoms with van der Waals surface area (Å²) in [4.78, 5) is 50.4. The first-order valence-corrected chi connectivity index (χ1v) is 17.0. The molecule has 0 aliphatic carbocycles. The average molecular weight is 716 g/mol. The molecule has 0 radical (unpaired) electrons. The Hall–Kier alpha value is -6.55. The van der Waals surface area contributed by atoms with Crippen LogP contribution in [0.5, 0.6) is 23.0 Å². The van der Waals surface area contributed by atoms with Crippen LogP contribution in [0.3, 0.4) is 0 Å². The van der Waals surface area contributed by atoms with Crippen LogP contribution in [-0.4, -0.2) is 78.1 Å². The van der Waals surface area contributed by atoms with Gasteiger partial charge in [0.25, 0.3) is 11.8 Å². The molecule has 0 fully saturated rings. The normalized spacial score (nSPS) is 18.0. The van der Waals surface area contributed by atoms with E-state index < -0.39 is 6.09 Å². The summed E-state index contributed by atoms with van der Waals surface area (Å²) in [6.45, 7) is 4.13. The zero-order valence-corrected chi connectivity index (χ0v) is 29.6. The highest BCUT2D eigenvalue weighted by molar-refractivity contribution is 6.05. The van der Waals surface area contributed by atoms with Crippen molar-refractivity contribution in [3.63, 3.8) is 0 Å². The molecule has 2 atom stereocenters. The van der Waals surface area contributed by atoms with Gasteiger partial charge in [-0.1, -0.05) is 23.0 Å². The highest BCUT2D eigenvalue weighted by atomic mass is 16.5. The second-order valence-electron chi connectivity index (χ2n) is 13.1. The summed E-state index contributed by atoms with van der Waals surface area (Å²) in [7, 11) is 3.02. The zero-order chi connectivity index (χ0) is 37.2. The van der Waals surface area contributed by atoms with Gasteiger partial charge in [0, 0.05) is 42.5 Å². The van der Waals surface area contributed by atoms with Gasteiger partial charge in [-0.25, -0.2) is 4.79 Å². The van der Waals surface area contributed by atoms with Crippen molar-refractivity contribution < 1.29 is 38.4 Å². The van der Waals surface area contributed by atoms with Gasteiger partial charge in [-0.2, -0.15) is 0 Å². The molecule has 53 heavy (non-hydrogen) atoms. The van der Waals surface area contributed by atoms with Crippen molar-refractivity contribution in [2.24, 2.45) is 9.98 Å². The van der Waals surface area contributed by atoms with E-state index in [0.717, 1.165) is 35.1 Å². The monoisotopic (exact) mass is 715 g/mol. The number of amides is 3. The van der Waals surface area contributed by atoms with Crippen molar-refractivity contribution in [1.82, 2.24) is 15.1 Å². The molecular weight excluding hydrogens is 678 g/mol. The van der Waals surface area contributed by atoms with Crippen LogP contribution in [0.15, 0.2) is 76.0 Å². The lowest BCUT2D eigenvalue weighted by molar-refractivity contribution is 0.0809. The summed E-state index contributed by atoms with van der Waals surface area (Å²) in [6, 6.07) is 12.0. The maximum absolute atomic E-state index is 13.4. The van der Waals surface area contributed by atoms with Crippen LogP contribution in [0.25, 0.3) is 0 Å². The Labute approximate surface area is 306 Å². The molecule has 2 N–H and O–H groups in total. The molecule has 0 saturated heterocycles. The second-order valence-corrected chi connectivity index (χ2v) is 13.1. The smallest absolute Gasteiger partial charge is 0.405 e. The maximum atomic E-state index is 13.4. The zero-order valence-electron chi connectivity index (χ0n) is 29.6. The van der Waals surface area contributed by atoms with Crippen molar-refractivity contribution in [1.29, 1.82) is 0 Å². The molecule has 270 valence electrons. The topological polar surface area (TPSA) is 152 Å². The van der Waals surface area contributed by atoms with Crippen LogP contribution in [-0.2, 0) is 13.2 Å². The number of methoxy groups -OCH3 is 2. The number of benzene rings is 3. The Morgan fingerprint density at radius 1 is 0.774 bits per heavy atom. The summed E-state index contributed by atoms with van der Waals surface area (Å²) in [5, 5.41) is 11.2. The largest absolute Gasteiger partial charge is 0.493 e. The third-order valence-corrected chi connectivity index (χ3v) is 9.16. The predicted octanol–water partition coefficient (Wildman–Crippen LogP) is 6.15. The van der Waals surface area contributed by atoms with E-state index in [0.29, 0.717) is 51.1 Å². The number of hydrogen-bond acceptors (Lipinski definition) is 9. The van der Waals surface area contributed by atoms with Crippen LogP contribution >= 0.6 is 0 Å². The van der Waals surface area contributed by atoms with Crippen LogP contribution in [0, 0.1) is 11.8 Å². The molecule has 0 aromatic heterocycles. The molecule has 4 aliphatic heterocycles. The van der Waals surface area contributed by atoms with Gasteiger partial charge in [0.15, 0.2) is 23.0 Å². The van der Waals surface area contributed by atoms with Crippen LogP contribution < -0.4 is 24.3 Å². The molecule has 3 aromatic carbocycles. The Balaban J connectivity index is 1.14. The van der Waals surface area contributed by atoms with E-state index in [1.54, 1.807) is 46.5 Å². The quantitative estimate of drug-likeness (QED) is 0.251. The number of carbonyl (C=O) groups excluding carboxylic acids is 2. The number of nitrogens with zero attached hydrogens (tertiary/aromatic N) is 4. The molecular formula is C40H37N5O8. The Kier molecular flexibility index (Phi) is 9.60. The van der Waals surface area contributed by atoms with E-state index in [2.05, 4.69) is 27.1 Å². The lowest BCUT2D eigenvalue weighted by Gasteiger charge is -2.19. The number of carbonyl (C=O) groups is 3. The van der Waals surface area contributed by atoms with Crippen LogP contribution in [0.2, 0.25) is 0 Å². The minimum absolute atomic E-state index is 0.0552. The van der Waals surface area contributed by atoms with Gasteiger partial charge in [0.05, 0.1) is 55.3 Å². The number of carboxylic acid groups (broad SMARTS) is 1. The van der Waals surface area contributed by atoms with Gasteiger partial charge in [0.1, 0.15) is 13.2 Å². The summed E-state index contributed by atoms with van der Waals surface area (Å²) in [5.41, 5.74) is 6.12. The molecule has 13 heteroatoms. The second kappa shape index (κ2) is 14.6. The van der Waals surface area contributed by atoms with E-state index >= 15 is 0 Å². The molecule has 7 rings (SSSR count). The van der Waals surface area contributed by atoms with E-state index in [4.69, 9.17) is 24.1 Å². The summed E-state index contributed by atoms with van der Waals surface area (Å²) in [5.74, 6) is 7.08. The molecule has 3 amide bonds. The molecule has 4 aliphatic rings. The molecule has 3 aromatic rings. The number of aliphatic imine (C=N–C) groups is 2. The minimum atomic E-state index is -1.17. The number of nitrogens with one attached hydrogen (secondary N) is 1. The third kappa shape index (κ3) is 7.30. The van der Waals surface area contributed by atoms with E-state index in [1.165, 1.54) is 14.2 Å². The number of ether oxygens (including phenoxy) is 4. The van der Waals surface area contributed by atoms with E-state index in [1.807, 2.05) is 44.4 Å². The molecule has 0 spiro atoms. The Bertz CT molecular complexity index is 2080. The van der Waals surface area contributed by atoms with E-state index in [-0.39, 0.29) is 43.7 Å². The predicted molar refractivity (Wildman–Crippen MR) is 197 cm³/mol. The average Bonchev–Trinajstić information content (AvgIpc) is 3.66. The maximum Gasteiger partial charge on any atom is 0.405 e. The first-order valence-electron chi connectivity index (χ1n) is 17.0. The van der Waals surface area contributed by atoms with Gasteiger partial charge < -0.3 is 39.2 Å². The molecule has 0 saturated carbocycles. The van der Waals surface area contributed by atoms with Crippen molar-refractivity contribution in [3.05, 3.63) is 93.8 Å². The molecule has 0 unspecified atom stereocenters. The summed E-state index contributed by atoms with van der Waals surface area (Å²) in [6.07, 6.45) is 7.57. The van der Waals surface area contributed by atoms with Gasteiger partial charge in [-0.05, 0) is 68.1 Å². The molecule has 13 nitrogen and oxygen atoms in total. The van der Waals surface area contributed by atoms with E-state index in [9.17, 15) is 14.4 Å². The number of fused-ring (bicyclic) bond motifs is 4. The van der Waals surface area contributed by atoms with Gasteiger partial charge >= 0.3 is 6.09 Å². The highest BCUT2D eigenvalue weighted by Gasteiger charge is 2.33. The third-order valence-electron chi connectivity index (χ3n) is 9.16. The van der Waals surface area contributed by atoms with Crippen molar-refractivity contribution in [3.8, 4) is 34.8 Å². The van der Waals surface area contributed by atoms with Crippen molar-refractivity contribution >= 4 is 41.7 Å². The lowest BCUT2D eigenvalue weighted by Crippen LogP contribution is -2.32. The Morgan fingerprint density at radius 3 is 1.72 bits per heavy atom. The summed E-state index contributed by atoms with van der Waals surface area (Å²) >= 11 is 0. The first-order chi connectivity index (χ1) is 25.6. The number of rotatable bonds is 9. The minimum Gasteiger partial charge on any atom is -0.493 e. The fourth-order valence-corrected chi connectivity index (χ4v) is 6.70. The number of hydrogen-bond donors (Lipinski definition) is 2. The lowest BCUT2D eigenvalue weighted by atomic mass is 10.1. The van der Waals surface area contributed by atoms with Gasteiger partial charge in [-0.3, -0.25) is 19.6 Å². The standard InChI is InChI=1S/C40H37N5O8/c1-23-8-28-17-42-32-15-36(34(50-3)13-30(32)38(46)44(28)19-23)52-21-26-10-25(6-5-7-41-40(48)49)11-27(12-26)22-53-37-16-33-31(14-35(37)51-4)39(47)45-20-24(2)9-29(45)18-43-33/h10-20,28-29,41H,7-9,21-22H2,1-4H3,(H,48,49)/t28-,29-/m0/s1. The fraction of sp³-hybridized carbons (Fsp3) is 0.275. The van der Waals surface area contributed by atoms with Crippen molar-refractivity contribution in [2.45, 2.75) is 52.0 Å². The Morgan fingerprint density at radius 2 is 1.26 bits per heavy atom. The highest BCUT2D eigenvalue weighted by Crippen LogP contribution is 2.40. The molecule has 0 bridgehead atoms. The van der Waals surface area contributed by atoms with Crippen LogP contribution in [0.1, 0.15) is 64.1 Å². The first kappa shape index (κ1) is 34.9. The molecule has 4 heterocycles. The van der Waals surface area contributed by atoms with Crippen molar-refractivity contribution in [2.75, 3.05) is 20.8 Å². The van der Waals surface area contributed by atoms with Crippen LogP contribution in [0.4, 0.5) is 16.2 Å². The summed E-state index contributed by atoms with van der Waals surface area (Å²) < 4.78 is 23.8. The van der Waals surface area contributed by atoms with Gasteiger partial charge in [0.2, 0.25) is 0 Å². The van der Waals surface area contributed by atoms with Gasteiger partial charge in [-0.15, -0.1) is 0 Å².